The molecular weight excluding hydrogens is 662 g/mol. The Morgan fingerprint density at radius 2 is 1.63 bits per heavy atom. The van der Waals surface area contributed by atoms with E-state index in [2.05, 4.69) is 10.6 Å². The van der Waals surface area contributed by atoms with Crippen LogP contribution in [0.4, 0.5) is 8.78 Å². The van der Waals surface area contributed by atoms with Gasteiger partial charge in [0.15, 0.2) is 0 Å². The fraction of sp³-hybridized carbons (Fsp3) is 0.378. The van der Waals surface area contributed by atoms with Gasteiger partial charge in [-0.05, 0) is 35.2 Å². The van der Waals surface area contributed by atoms with Crippen molar-refractivity contribution in [3.63, 3.8) is 0 Å². The van der Waals surface area contributed by atoms with Crippen molar-refractivity contribution in [1.82, 2.24) is 25.0 Å². The minimum atomic E-state index is -0.840. The first-order valence-corrected chi connectivity index (χ1v) is 16.6. The zero-order valence-electron chi connectivity index (χ0n) is 28.9. The number of hydrogen-bond donors (Lipinski definition) is 4. The van der Waals surface area contributed by atoms with Crippen molar-refractivity contribution in [2.75, 3.05) is 32.8 Å². The summed E-state index contributed by atoms with van der Waals surface area (Å²) in [6.07, 6.45) is 3.61. The lowest BCUT2D eigenvalue weighted by Crippen LogP contribution is -2.53. The minimum absolute atomic E-state index is 0.00504. The molecule has 0 saturated carbocycles. The van der Waals surface area contributed by atoms with Crippen LogP contribution >= 0.6 is 0 Å². The first kappa shape index (κ1) is 38.6. The lowest BCUT2D eigenvalue weighted by molar-refractivity contribution is -0.140. The first-order chi connectivity index (χ1) is 24.2. The van der Waals surface area contributed by atoms with Crippen LogP contribution < -0.4 is 16.4 Å². The van der Waals surface area contributed by atoms with E-state index in [0.29, 0.717) is 17.8 Å². The van der Waals surface area contributed by atoms with Crippen molar-refractivity contribution in [1.29, 1.82) is 0 Å². The zero-order valence-corrected chi connectivity index (χ0v) is 28.9. The monoisotopic (exact) mass is 706 g/mol. The number of nitrogens with zero attached hydrogens (tertiary/aromatic N) is 3. The highest BCUT2D eigenvalue weighted by Gasteiger charge is 2.38. The van der Waals surface area contributed by atoms with Gasteiger partial charge in [0, 0.05) is 80.7 Å². The molecule has 1 aliphatic rings. The van der Waals surface area contributed by atoms with E-state index in [0.717, 1.165) is 40.8 Å². The minimum Gasteiger partial charge on any atom is -0.387 e. The second-order valence-electron chi connectivity index (χ2n) is 13.4. The number of nitrogens with two attached hydrogens (primary N) is 1. The van der Waals surface area contributed by atoms with Gasteiger partial charge < -0.3 is 30.9 Å². The van der Waals surface area contributed by atoms with Gasteiger partial charge in [-0.3, -0.25) is 28.9 Å². The Bertz CT molecular complexity index is 1750. The van der Waals surface area contributed by atoms with Crippen LogP contribution in [-0.4, -0.2) is 87.8 Å². The molecule has 0 spiro atoms. The lowest BCUT2D eigenvalue weighted by atomic mass is 9.82. The van der Waals surface area contributed by atoms with Gasteiger partial charge in [0.05, 0.1) is 12.1 Å². The van der Waals surface area contributed by atoms with Crippen LogP contribution in [0.3, 0.4) is 0 Å². The van der Waals surface area contributed by atoms with E-state index in [4.69, 9.17) is 5.73 Å². The standard InChI is InChI=1S/C37H44F2N6O6/c1-37(2,3)36(30-17-25(28-18-26(38)9-10-29(28)39)21-43(30)20-24-7-5-4-6-8-24)45(35(51)23-46)22-27(19-40)42-32(48)12-11-31(47)41-15-16-44-33(49)13-14-34(44)50/h4-10,13-14,17-18,21,27,36,46H,11-12,15-16,19-20,22-23,40H2,1-3H3,(H,41,47)(H,42,48)/t27-,36-/m0/s1. The van der Waals surface area contributed by atoms with E-state index in [1.807, 2.05) is 55.7 Å². The van der Waals surface area contributed by atoms with E-state index in [1.54, 1.807) is 12.3 Å². The average Bonchev–Trinajstić information content (AvgIpc) is 3.64. The number of aliphatic hydroxyl groups excluding tert-OH is 1. The molecule has 0 bridgehead atoms. The van der Waals surface area contributed by atoms with Crippen molar-refractivity contribution in [2.24, 2.45) is 11.1 Å². The van der Waals surface area contributed by atoms with E-state index < -0.39 is 65.3 Å². The maximum absolute atomic E-state index is 15.0. The Labute approximate surface area is 295 Å². The third-order valence-corrected chi connectivity index (χ3v) is 8.44. The molecule has 0 radical (unpaired) electrons. The van der Waals surface area contributed by atoms with E-state index in [-0.39, 0.29) is 44.6 Å². The maximum Gasteiger partial charge on any atom is 0.253 e. The number of rotatable bonds is 16. The molecule has 51 heavy (non-hydrogen) atoms. The Kier molecular flexibility index (Phi) is 13.0. The lowest BCUT2D eigenvalue weighted by Gasteiger charge is -2.42. The van der Waals surface area contributed by atoms with Crippen LogP contribution in [0, 0.1) is 17.0 Å². The Hall–Kier alpha value is -5.21. The molecule has 2 heterocycles. The number of aromatic nitrogens is 1. The van der Waals surface area contributed by atoms with Crippen LogP contribution in [-0.2, 0) is 30.5 Å². The van der Waals surface area contributed by atoms with Crippen LogP contribution in [0.1, 0.15) is 50.9 Å². The Morgan fingerprint density at radius 1 is 0.961 bits per heavy atom. The number of amides is 5. The molecule has 1 aliphatic heterocycles. The number of benzene rings is 2. The molecule has 0 aliphatic carbocycles. The average molecular weight is 707 g/mol. The molecule has 14 heteroatoms. The van der Waals surface area contributed by atoms with Gasteiger partial charge in [0.2, 0.25) is 17.7 Å². The van der Waals surface area contributed by atoms with Gasteiger partial charge in [-0.1, -0.05) is 51.1 Å². The van der Waals surface area contributed by atoms with Gasteiger partial charge in [-0.2, -0.15) is 0 Å². The number of aliphatic hydroxyl groups is 1. The van der Waals surface area contributed by atoms with Crippen LogP contribution in [0.2, 0.25) is 0 Å². The molecule has 4 rings (SSSR count). The van der Waals surface area contributed by atoms with Gasteiger partial charge in [-0.25, -0.2) is 8.78 Å². The van der Waals surface area contributed by atoms with Crippen LogP contribution in [0.5, 0.6) is 0 Å². The largest absolute Gasteiger partial charge is 0.387 e. The predicted molar refractivity (Wildman–Crippen MR) is 185 cm³/mol. The normalized spacial score (nSPS) is 14.1. The fourth-order valence-corrected chi connectivity index (χ4v) is 6.04. The van der Waals surface area contributed by atoms with Crippen LogP contribution in [0.15, 0.2) is 72.9 Å². The first-order valence-electron chi connectivity index (χ1n) is 16.6. The molecule has 1 aromatic heterocycles. The second-order valence-corrected chi connectivity index (χ2v) is 13.4. The third-order valence-electron chi connectivity index (χ3n) is 8.44. The highest BCUT2D eigenvalue weighted by atomic mass is 19.1. The predicted octanol–water partition coefficient (Wildman–Crippen LogP) is 2.65. The summed E-state index contributed by atoms with van der Waals surface area (Å²) in [4.78, 5) is 64.6. The molecule has 272 valence electrons. The van der Waals surface area contributed by atoms with Gasteiger partial charge in [0.25, 0.3) is 11.8 Å². The number of hydrogen-bond acceptors (Lipinski definition) is 7. The Morgan fingerprint density at radius 3 is 2.25 bits per heavy atom. The van der Waals surface area contributed by atoms with Crippen LogP contribution in [0.25, 0.3) is 11.1 Å². The molecular formula is C37H44F2N6O6. The fourth-order valence-electron chi connectivity index (χ4n) is 6.04. The van der Waals surface area contributed by atoms with Crippen molar-refractivity contribution < 1.29 is 37.9 Å². The number of imide groups is 1. The van der Waals surface area contributed by atoms with Crippen molar-refractivity contribution in [3.8, 4) is 11.1 Å². The number of carbonyl (C=O) groups is 5. The molecule has 2 aromatic carbocycles. The summed E-state index contributed by atoms with van der Waals surface area (Å²) < 4.78 is 31.2. The summed E-state index contributed by atoms with van der Waals surface area (Å²) in [6.45, 7) is 5.03. The quantitative estimate of drug-likeness (QED) is 0.166. The molecule has 0 fully saturated rings. The van der Waals surface area contributed by atoms with E-state index >= 15 is 4.39 Å². The number of halogens is 2. The molecule has 2 atom stereocenters. The van der Waals surface area contributed by atoms with E-state index in [1.165, 1.54) is 4.90 Å². The highest BCUT2D eigenvalue weighted by molar-refractivity contribution is 6.12. The zero-order chi connectivity index (χ0) is 37.3. The topological polar surface area (TPSA) is 167 Å². The molecule has 12 nitrogen and oxygen atoms in total. The molecule has 0 unspecified atom stereocenters. The number of carbonyl (C=O) groups excluding carboxylic acids is 5. The van der Waals surface area contributed by atoms with Crippen molar-refractivity contribution in [3.05, 3.63) is 95.8 Å². The highest BCUT2D eigenvalue weighted by Crippen LogP contribution is 2.41. The van der Waals surface area contributed by atoms with E-state index in [9.17, 15) is 33.5 Å². The summed E-state index contributed by atoms with van der Waals surface area (Å²) in [5, 5.41) is 15.5. The molecule has 5 N–H and O–H groups in total. The van der Waals surface area contributed by atoms with Gasteiger partial charge in [0.1, 0.15) is 18.2 Å². The maximum atomic E-state index is 15.0. The summed E-state index contributed by atoms with van der Waals surface area (Å²) in [7, 11) is 0. The summed E-state index contributed by atoms with van der Waals surface area (Å²) in [6, 6.07) is 12.8. The third kappa shape index (κ3) is 10.2. The number of nitrogens with one attached hydrogen (secondary N) is 2. The second kappa shape index (κ2) is 17.1. The Balaban J connectivity index is 1.55. The van der Waals surface area contributed by atoms with Crippen molar-refractivity contribution >= 4 is 29.5 Å². The van der Waals surface area contributed by atoms with Gasteiger partial charge in [-0.15, -0.1) is 0 Å². The SMILES string of the molecule is CC(C)(C)[C@H](c1cc(-c2cc(F)ccc2F)cn1Cc1ccccc1)N(C[C@H](CN)NC(=O)CCC(=O)NCCN1C(=O)C=CC1=O)C(=O)CO. The van der Waals surface area contributed by atoms with Gasteiger partial charge >= 0.3 is 0 Å². The van der Waals surface area contributed by atoms with Crippen molar-refractivity contribution in [2.45, 2.75) is 52.2 Å². The molecule has 3 aromatic rings. The molecule has 5 amide bonds. The summed E-state index contributed by atoms with van der Waals surface area (Å²) in [5.74, 6) is -3.77. The summed E-state index contributed by atoms with van der Waals surface area (Å²) in [5.41, 5.74) is 7.31. The summed E-state index contributed by atoms with van der Waals surface area (Å²) >= 11 is 0. The molecule has 0 saturated heterocycles. The smallest absolute Gasteiger partial charge is 0.253 e.